The highest BCUT2D eigenvalue weighted by Gasteiger charge is 2.17. The monoisotopic (exact) mass is 342 g/mol. The third kappa shape index (κ3) is 4.17. The summed E-state index contributed by atoms with van der Waals surface area (Å²) in [5, 5.41) is 14.9. The van der Waals surface area contributed by atoms with Gasteiger partial charge < -0.3 is 19.7 Å². The molecule has 0 radical (unpaired) electrons. The number of para-hydroxylation sites is 1. The predicted molar refractivity (Wildman–Crippen MR) is 92.6 cm³/mol. The normalized spacial score (nSPS) is 10.5. The molecule has 2 N–H and O–H groups in total. The molecule has 3 aromatic rings. The number of carbonyl (C=O) groups excluding carboxylic acids is 1. The van der Waals surface area contributed by atoms with Crippen LogP contribution in [-0.2, 0) is 19.6 Å². The van der Waals surface area contributed by atoms with E-state index in [1.165, 1.54) is 0 Å². The first-order chi connectivity index (χ1) is 11.7. The van der Waals surface area contributed by atoms with E-state index < -0.39 is 0 Å². The maximum absolute atomic E-state index is 12.6. The van der Waals surface area contributed by atoms with E-state index in [9.17, 15) is 9.90 Å². The molecule has 0 fully saturated rings. The van der Waals surface area contributed by atoms with Crippen molar-refractivity contribution in [3.8, 4) is 5.75 Å². The Morgan fingerprint density at radius 2 is 2.00 bits per heavy atom. The summed E-state index contributed by atoms with van der Waals surface area (Å²) in [4.78, 5) is 15.3. The lowest BCUT2D eigenvalue weighted by Crippen LogP contribution is -2.38. The fourth-order valence-electron chi connectivity index (χ4n) is 2.33. The van der Waals surface area contributed by atoms with Crippen molar-refractivity contribution in [3.05, 3.63) is 76.4 Å². The van der Waals surface area contributed by atoms with E-state index in [4.69, 9.17) is 4.42 Å². The van der Waals surface area contributed by atoms with Gasteiger partial charge in [-0.25, -0.2) is 4.79 Å². The molecule has 2 amide bonds. The zero-order valence-corrected chi connectivity index (χ0v) is 13.8. The Bertz CT molecular complexity index is 769. The van der Waals surface area contributed by atoms with Crippen LogP contribution in [0.3, 0.4) is 0 Å². The summed E-state index contributed by atoms with van der Waals surface area (Å²) in [7, 11) is 0. The number of rotatable bonds is 6. The Morgan fingerprint density at radius 1 is 1.12 bits per heavy atom. The maximum Gasteiger partial charge on any atom is 0.318 e. The number of phenols is 1. The maximum atomic E-state index is 12.6. The third-order valence-electron chi connectivity index (χ3n) is 3.56. The summed E-state index contributed by atoms with van der Waals surface area (Å²) >= 11 is 1.60. The lowest BCUT2D eigenvalue weighted by molar-refractivity contribution is 0.186. The minimum atomic E-state index is -0.206. The SMILES string of the molecule is O=C(NCc1cccs1)N(Cc1ccco1)Cc1ccccc1O. The zero-order valence-electron chi connectivity index (χ0n) is 13.0. The topological polar surface area (TPSA) is 65.7 Å². The molecule has 1 aromatic carbocycles. The number of hydrogen-bond donors (Lipinski definition) is 2. The number of hydrogen-bond acceptors (Lipinski definition) is 4. The molecule has 2 aromatic heterocycles. The molecular weight excluding hydrogens is 324 g/mol. The van der Waals surface area contributed by atoms with Crippen LogP contribution in [0.15, 0.2) is 64.6 Å². The molecule has 24 heavy (non-hydrogen) atoms. The summed E-state index contributed by atoms with van der Waals surface area (Å²) in [5.41, 5.74) is 0.690. The molecule has 5 nitrogen and oxygen atoms in total. The van der Waals surface area contributed by atoms with Gasteiger partial charge >= 0.3 is 6.03 Å². The average Bonchev–Trinajstić information content (AvgIpc) is 3.27. The smallest absolute Gasteiger partial charge is 0.318 e. The van der Waals surface area contributed by atoms with Gasteiger partial charge in [0.05, 0.1) is 25.9 Å². The van der Waals surface area contributed by atoms with E-state index in [2.05, 4.69) is 5.32 Å². The van der Waals surface area contributed by atoms with Crippen LogP contribution in [0, 0.1) is 0 Å². The molecule has 3 rings (SSSR count). The van der Waals surface area contributed by atoms with Crippen molar-refractivity contribution in [3.63, 3.8) is 0 Å². The van der Waals surface area contributed by atoms with Crippen LogP contribution in [0.2, 0.25) is 0 Å². The number of carbonyl (C=O) groups is 1. The molecule has 0 aliphatic carbocycles. The molecule has 0 bridgehead atoms. The second kappa shape index (κ2) is 7.70. The van der Waals surface area contributed by atoms with E-state index >= 15 is 0 Å². The number of aromatic hydroxyl groups is 1. The predicted octanol–water partition coefficient (Wildman–Crippen LogP) is 3.96. The van der Waals surface area contributed by atoms with Crippen molar-refractivity contribution in [2.75, 3.05) is 0 Å². The number of amides is 2. The summed E-state index contributed by atoms with van der Waals surface area (Å²) in [5.74, 6) is 0.865. The van der Waals surface area contributed by atoms with E-state index in [1.807, 2.05) is 29.6 Å². The minimum absolute atomic E-state index is 0.174. The van der Waals surface area contributed by atoms with E-state index in [-0.39, 0.29) is 11.8 Å². The Hall–Kier alpha value is -2.73. The summed E-state index contributed by atoms with van der Waals surface area (Å²) in [6.45, 7) is 1.10. The zero-order chi connectivity index (χ0) is 16.8. The quantitative estimate of drug-likeness (QED) is 0.712. The number of furan rings is 1. The molecule has 2 heterocycles. The van der Waals surface area contributed by atoms with Crippen LogP contribution in [-0.4, -0.2) is 16.0 Å². The Labute approximate surface area is 144 Å². The van der Waals surface area contributed by atoms with Crippen molar-refractivity contribution >= 4 is 17.4 Å². The number of urea groups is 1. The number of phenolic OH excluding ortho intramolecular Hbond substituents is 1. The Morgan fingerprint density at radius 3 is 2.71 bits per heavy atom. The van der Waals surface area contributed by atoms with Gasteiger partial charge in [-0.2, -0.15) is 0 Å². The van der Waals surface area contributed by atoms with Crippen LogP contribution in [0.4, 0.5) is 4.79 Å². The van der Waals surface area contributed by atoms with Crippen LogP contribution < -0.4 is 5.32 Å². The van der Waals surface area contributed by atoms with Gasteiger partial charge in [-0.05, 0) is 29.6 Å². The molecule has 0 atom stereocenters. The lowest BCUT2D eigenvalue weighted by Gasteiger charge is -2.22. The van der Waals surface area contributed by atoms with Gasteiger partial charge in [-0.15, -0.1) is 11.3 Å². The van der Waals surface area contributed by atoms with Gasteiger partial charge in [0.1, 0.15) is 11.5 Å². The minimum Gasteiger partial charge on any atom is -0.508 e. The van der Waals surface area contributed by atoms with Crippen LogP contribution in [0.25, 0.3) is 0 Å². The number of benzene rings is 1. The highest BCUT2D eigenvalue weighted by atomic mass is 32.1. The van der Waals surface area contributed by atoms with Gasteiger partial charge in [0.25, 0.3) is 0 Å². The largest absolute Gasteiger partial charge is 0.508 e. The molecule has 0 saturated carbocycles. The van der Waals surface area contributed by atoms with Crippen molar-refractivity contribution in [2.24, 2.45) is 0 Å². The van der Waals surface area contributed by atoms with Gasteiger partial charge in [0.15, 0.2) is 0 Å². The number of thiophene rings is 1. The fraction of sp³-hybridized carbons (Fsp3) is 0.167. The molecule has 0 unspecified atom stereocenters. The highest BCUT2D eigenvalue weighted by Crippen LogP contribution is 2.19. The second-order valence-corrected chi connectivity index (χ2v) is 6.33. The van der Waals surface area contributed by atoms with Crippen LogP contribution in [0.1, 0.15) is 16.2 Å². The molecular formula is C18H18N2O3S. The van der Waals surface area contributed by atoms with Crippen molar-refractivity contribution < 1.29 is 14.3 Å². The van der Waals surface area contributed by atoms with E-state index in [0.717, 1.165) is 4.88 Å². The molecule has 0 spiro atoms. The number of nitrogens with zero attached hydrogens (tertiary/aromatic N) is 1. The molecule has 124 valence electrons. The van der Waals surface area contributed by atoms with Gasteiger partial charge in [0, 0.05) is 10.4 Å². The second-order valence-electron chi connectivity index (χ2n) is 5.30. The van der Waals surface area contributed by atoms with Gasteiger partial charge in [-0.3, -0.25) is 0 Å². The molecule has 0 aliphatic heterocycles. The Kier molecular flexibility index (Phi) is 5.18. The van der Waals surface area contributed by atoms with Crippen molar-refractivity contribution in [1.29, 1.82) is 0 Å². The van der Waals surface area contributed by atoms with E-state index in [0.29, 0.717) is 31.0 Å². The highest BCUT2D eigenvalue weighted by molar-refractivity contribution is 7.09. The molecule has 0 saturated heterocycles. The Balaban J connectivity index is 1.71. The number of nitrogens with one attached hydrogen (secondary N) is 1. The van der Waals surface area contributed by atoms with E-state index in [1.54, 1.807) is 46.8 Å². The molecule has 6 heteroatoms. The van der Waals surface area contributed by atoms with Gasteiger partial charge in [0.2, 0.25) is 0 Å². The van der Waals surface area contributed by atoms with Crippen molar-refractivity contribution in [1.82, 2.24) is 10.2 Å². The first kappa shape index (κ1) is 16.1. The fourth-order valence-corrected chi connectivity index (χ4v) is 2.97. The molecule has 0 aliphatic rings. The third-order valence-corrected chi connectivity index (χ3v) is 4.44. The standard InChI is InChI=1S/C18H18N2O3S/c21-17-8-2-1-5-14(17)12-20(13-15-6-3-9-23-15)18(22)19-11-16-7-4-10-24-16/h1-10,21H,11-13H2,(H,19,22). The first-order valence-corrected chi connectivity index (χ1v) is 8.45. The summed E-state index contributed by atoms with van der Waals surface area (Å²) in [6.07, 6.45) is 1.58. The summed E-state index contributed by atoms with van der Waals surface area (Å²) in [6, 6.07) is 14.3. The van der Waals surface area contributed by atoms with Crippen molar-refractivity contribution in [2.45, 2.75) is 19.6 Å². The van der Waals surface area contributed by atoms with Crippen LogP contribution in [0.5, 0.6) is 5.75 Å². The lowest BCUT2D eigenvalue weighted by atomic mass is 10.2. The van der Waals surface area contributed by atoms with Gasteiger partial charge in [-0.1, -0.05) is 24.3 Å². The average molecular weight is 342 g/mol. The first-order valence-electron chi connectivity index (χ1n) is 7.57. The summed E-state index contributed by atoms with van der Waals surface area (Å²) < 4.78 is 5.35. The van der Waals surface area contributed by atoms with Crippen LogP contribution >= 0.6 is 11.3 Å².